The number of anilines is 12. The summed E-state index contributed by atoms with van der Waals surface area (Å²) in [6.07, 6.45) is 0. The number of aromatic hydroxyl groups is 1. The minimum absolute atomic E-state index is 0.0175. The molecule has 0 bridgehead atoms. The van der Waals surface area contributed by atoms with Gasteiger partial charge in [-0.1, -0.05) is 139 Å². The molecule has 12 rings (SSSR count). The minimum Gasteiger partial charge on any atom is -0.508 e. The van der Waals surface area contributed by atoms with Crippen LogP contribution in [0.15, 0.2) is 291 Å². The number of ether oxygens (including phenoxy) is 3. The number of methoxy groups -OCH3 is 3. The Morgan fingerprint density at radius 3 is 0.505 bits per heavy atom. The lowest BCUT2D eigenvalue weighted by Gasteiger charge is -2.28. The van der Waals surface area contributed by atoms with Crippen LogP contribution in [0.1, 0.15) is 52.7 Å². The summed E-state index contributed by atoms with van der Waals surface area (Å²) in [5.41, 5.74) is 21.7. The van der Waals surface area contributed by atoms with E-state index < -0.39 is 0 Å². The third-order valence-electron chi connectivity index (χ3n) is 16.8. The van der Waals surface area contributed by atoms with E-state index in [4.69, 9.17) is 14.2 Å². The summed E-state index contributed by atoms with van der Waals surface area (Å²) < 4.78 is 16.5. The predicted octanol–water partition coefficient (Wildman–Crippen LogP) is 22.9. The first kappa shape index (κ1) is 60.3. The number of nitrogens with zero attached hydrogens (tertiary/aromatic N) is 4. The van der Waals surface area contributed by atoms with Crippen molar-refractivity contribution in [1.29, 1.82) is 0 Å². The zero-order chi connectivity index (χ0) is 63.2. The van der Waals surface area contributed by atoms with Crippen molar-refractivity contribution in [1.82, 2.24) is 0 Å². The van der Waals surface area contributed by atoms with Gasteiger partial charge in [-0.3, -0.25) is 0 Å². The lowest BCUT2D eigenvalue weighted by atomic mass is 9.87. The number of hydrogen-bond donors (Lipinski definition) is 1. The summed E-state index contributed by atoms with van der Waals surface area (Å²) in [6, 6.07) is 102. The maximum atomic E-state index is 10.1. The second-order valence-electron chi connectivity index (χ2n) is 24.8. The highest BCUT2D eigenvalue weighted by molar-refractivity contribution is 5.85. The Kier molecular flexibility index (Phi) is 17.2. The molecule has 1 N–H and O–H groups in total. The second kappa shape index (κ2) is 26.0. The molecule has 0 aromatic heterocycles. The van der Waals surface area contributed by atoms with Gasteiger partial charge in [0.1, 0.15) is 23.0 Å². The summed E-state index contributed by atoms with van der Waals surface area (Å²) in [7, 11) is 5.05. The fraction of sp³-hybridized carbons (Fsp3) is 0.133. The van der Waals surface area contributed by atoms with E-state index in [-0.39, 0.29) is 16.6 Å². The van der Waals surface area contributed by atoms with Gasteiger partial charge in [0.2, 0.25) is 0 Å². The van der Waals surface area contributed by atoms with Gasteiger partial charge in [-0.05, 0) is 249 Å². The Morgan fingerprint density at radius 2 is 0.352 bits per heavy atom. The summed E-state index contributed by atoms with van der Waals surface area (Å²) in [4.78, 5) is 9.08. The highest BCUT2D eigenvalue weighted by Crippen LogP contribution is 2.43. The number of rotatable bonds is 18. The van der Waals surface area contributed by atoms with Gasteiger partial charge in [-0.25, -0.2) is 0 Å². The number of phenolic OH excluding ortho intramolecular Hbond substituents is 1. The lowest BCUT2D eigenvalue weighted by molar-refractivity contribution is 0.414. The molecule has 8 heteroatoms. The molecular formula is C83H76N4O4. The van der Waals surface area contributed by atoms with Crippen molar-refractivity contribution in [2.24, 2.45) is 0 Å². The molecule has 0 fully saturated rings. The van der Waals surface area contributed by atoms with Crippen LogP contribution in [0, 0.1) is 0 Å². The Morgan fingerprint density at radius 1 is 0.209 bits per heavy atom. The quantitative estimate of drug-likeness (QED) is 0.0912. The summed E-state index contributed by atoms with van der Waals surface area (Å²) in [5.74, 6) is 2.62. The molecule has 452 valence electrons. The zero-order valence-electron chi connectivity index (χ0n) is 53.2. The van der Waals surface area contributed by atoms with Crippen molar-refractivity contribution in [3.8, 4) is 56.4 Å². The average molecular weight is 1190 g/mol. The largest absolute Gasteiger partial charge is 0.508 e. The average Bonchev–Trinajstić information content (AvgIpc) is 1.57. The van der Waals surface area contributed by atoms with Crippen molar-refractivity contribution in [2.75, 3.05) is 40.9 Å². The normalized spacial score (nSPS) is 11.4. The number of benzene rings is 12. The standard InChI is InChI=1S/C83H76N4O4/c1-82(2,3)64-22-38-72(39-23-64)84(68-30-14-60(15-31-68)62-18-34-70(35-19-62)86(74-42-50-78(88)51-43-74)75-44-52-79(89-7)53-45-75)66-26-10-58(11-27-66)59-12-28-67(29-13-59)85(73-40-24-65(25-41-73)83(4,5)6)69-32-16-61(17-33-69)63-20-36-71(37-21-63)87(76-46-54-80(90-8)55-47-76)77-48-56-81(91-9)57-49-77/h10-57,88H,1-9H3. The maximum absolute atomic E-state index is 10.1. The molecule has 0 spiro atoms. The third-order valence-corrected chi connectivity index (χ3v) is 16.8. The molecule has 0 radical (unpaired) electrons. The van der Waals surface area contributed by atoms with Gasteiger partial charge in [-0.15, -0.1) is 0 Å². The van der Waals surface area contributed by atoms with E-state index in [0.29, 0.717) is 0 Å². The van der Waals surface area contributed by atoms with Crippen molar-refractivity contribution >= 4 is 68.2 Å². The van der Waals surface area contributed by atoms with Crippen LogP contribution < -0.4 is 33.8 Å². The van der Waals surface area contributed by atoms with Crippen LogP contribution in [0.5, 0.6) is 23.0 Å². The molecule has 8 nitrogen and oxygen atoms in total. The molecule has 0 atom stereocenters. The predicted molar refractivity (Wildman–Crippen MR) is 380 cm³/mol. The van der Waals surface area contributed by atoms with Crippen LogP contribution in [0.2, 0.25) is 0 Å². The molecule has 0 aliphatic rings. The van der Waals surface area contributed by atoms with Crippen molar-refractivity contribution in [3.63, 3.8) is 0 Å². The highest BCUT2D eigenvalue weighted by Gasteiger charge is 2.21. The van der Waals surface area contributed by atoms with Gasteiger partial charge in [0.25, 0.3) is 0 Å². The van der Waals surface area contributed by atoms with Gasteiger partial charge >= 0.3 is 0 Å². The van der Waals surface area contributed by atoms with E-state index in [9.17, 15) is 5.11 Å². The van der Waals surface area contributed by atoms with E-state index in [0.717, 1.165) is 119 Å². The van der Waals surface area contributed by atoms with E-state index in [1.54, 1.807) is 33.5 Å². The summed E-state index contributed by atoms with van der Waals surface area (Å²) in [5, 5.41) is 10.1. The topological polar surface area (TPSA) is 60.9 Å². The van der Waals surface area contributed by atoms with Crippen LogP contribution in [0.25, 0.3) is 33.4 Å². The molecule has 12 aromatic rings. The molecule has 0 aliphatic carbocycles. The van der Waals surface area contributed by atoms with Crippen LogP contribution in [0.4, 0.5) is 68.2 Å². The molecule has 0 unspecified atom stereocenters. The van der Waals surface area contributed by atoms with Crippen molar-refractivity contribution in [2.45, 2.75) is 52.4 Å². The van der Waals surface area contributed by atoms with Crippen LogP contribution in [-0.4, -0.2) is 26.4 Å². The van der Waals surface area contributed by atoms with E-state index >= 15 is 0 Å². The smallest absolute Gasteiger partial charge is 0.119 e. The van der Waals surface area contributed by atoms with E-state index in [1.807, 2.05) is 60.7 Å². The molecule has 0 aliphatic heterocycles. The molecule has 0 heterocycles. The first-order valence-corrected chi connectivity index (χ1v) is 30.9. The van der Waals surface area contributed by atoms with Gasteiger partial charge in [0.05, 0.1) is 21.3 Å². The monoisotopic (exact) mass is 1190 g/mol. The maximum Gasteiger partial charge on any atom is 0.119 e. The van der Waals surface area contributed by atoms with Crippen LogP contribution in [0.3, 0.4) is 0 Å². The first-order chi connectivity index (χ1) is 44.1. The molecule has 0 saturated heterocycles. The lowest BCUT2D eigenvalue weighted by Crippen LogP contribution is -2.13. The zero-order valence-corrected chi connectivity index (χ0v) is 53.2. The molecular weight excluding hydrogens is 1120 g/mol. The van der Waals surface area contributed by atoms with Crippen molar-refractivity contribution in [3.05, 3.63) is 302 Å². The molecule has 91 heavy (non-hydrogen) atoms. The Bertz CT molecular complexity index is 4290. The molecule has 0 amide bonds. The third kappa shape index (κ3) is 13.4. The Balaban J connectivity index is 0.809. The summed E-state index contributed by atoms with van der Waals surface area (Å²) >= 11 is 0. The highest BCUT2D eigenvalue weighted by atomic mass is 16.5. The molecule has 0 saturated carbocycles. The second-order valence-corrected chi connectivity index (χ2v) is 24.8. The number of phenols is 1. The van der Waals surface area contributed by atoms with Gasteiger partial charge < -0.3 is 38.9 Å². The van der Waals surface area contributed by atoms with Gasteiger partial charge in [0, 0.05) is 68.2 Å². The molecule has 12 aromatic carbocycles. The van der Waals surface area contributed by atoms with Crippen LogP contribution >= 0.6 is 0 Å². The fourth-order valence-corrected chi connectivity index (χ4v) is 11.6. The van der Waals surface area contributed by atoms with Crippen molar-refractivity contribution < 1.29 is 19.3 Å². The van der Waals surface area contributed by atoms with Crippen LogP contribution in [-0.2, 0) is 10.8 Å². The van der Waals surface area contributed by atoms with E-state index in [1.165, 1.54) is 11.1 Å². The Labute approximate surface area is 536 Å². The van der Waals surface area contributed by atoms with Gasteiger partial charge in [-0.2, -0.15) is 0 Å². The number of hydrogen-bond acceptors (Lipinski definition) is 8. The fourth-order valence-electron chi connectivity index (χ4n) is 11.6. The summed E-state index contributed by atoms with van der Waals surface area (Å²) in [6.45, 7) is 13.5. The first-order valence-electron chi connectivity index (χ1n) is 30.9. The minimum atomic E-state index is 0.0175. The van der Waals surface area contributed by atoms with E-state index in [2.05, 4.69) is 280 Å². The Hall–Kier alpha value is -11.0. The SMILES string of the molecule is COc1ccc(N(c2ccc(O)cc2)c2ccc(-c3ccc(N(c4ccc(-c5ccc(N(c6ccc(-c7ccc(N(c8ccc(OC)cc8)c8ccc(OC)cc8)cc7)cc6)c6ccc(C(C)(C)C)cc6)cc5)cc4)c4ccc(C(C)(C)C)cc4)cc3)cc2)cc1. The van der Waals surface area contributed by atoms with Gasteiger partial charge in [0.15, 0.2) is 0 Å².